The van der Waals surface area contributed by atoms with Gasteiger partial charge in [-0.15, -0.1) is 0 Å². The predicted octanol–water partition coefficient (Wildman–Crippen LogP) is -0.532. The summed E-state index contributed by atoms with van der Waals surface area (Å²) in [5.74, 6) is -4.04. The molecular weight excluding hydrogens is 323 g/mol. The van der Waals surface area contributed by atoms with Crippen LogP contribution in [0.25, 0.3) is 0 Å². The number of carbonyl (C=O) groups excluding carboxylic acids is 4. The van der Waals surface area contributed by atoms with Crippen LogP contribution in [0.1, 0.15) is 26.7 Å². The van der Waals surface area contributed by atoms with Crippen molar-refractivity contribution in [1.82, 2.24) is 10.2 Å². The van der Waals surface area contributed by atoms with Gasteiger partial charge in [-0.2, -0.15) is 0 Å². The Kier molecular flexibility index (Phi) is 5.74. The third-order valence-corrected chi connectivity index (χ3v) is 3.75. The maximum atomic E-state index is 12.0. The molecule has 1 rings (SSSR count). The Balaban J connectivity index is 2.83. The third kappa shape index (κ3) is 3.54. The first kappa shape index (κ1) is 17.5. The fourth-order valence-corrected chi connectivity index (χ4v) is 2.13. The molecule has 21 heavy (non-hydrogen) atoms. The number of carboxylic acid groups (broad SMARTS) is 1. The first-order chi connectivity index (χ1) is 9.72. The van der Waals surface area contributed by atoms with Crippen LogP contribution in [-0.2, 0) is 19.2 Å². The van der Waals surface area contributed by atoms with Crippen molar-refractivity contribution in [2.45, 2.75) is 38.8 Å². The molecule has 0 aromatic carbocycles. The highest BCUT2D eigenvalue weighted by Crippen LogP contribution is 2.28. The highest BCUT2D eigenvalue weighted by molar-refractivity contribution is 6.58. The lowest BCUT2D eigenvalue weighted by Crippen LogP contribution is -2.54. The van der Waals surface area contributed by atoms with E-state index in [9.17, 15) is 24.3 Å². The largest absolute Gasteiger partial charge is 0.548 e. The fourth-order valence-electron chi connectivity index (χ4n) is 1.79. The summed E-state index contributed by atoms with van der Waals surface area (Å²) in [7, 11) is 0. The number of amides is 3. The smallest absolute Gasteiger partial charge is 0.274 e. The molecule has 116 valence electrons. The van der Waals surface area contributed by atoms with Crippen LogP contribution >= 0.6 is 23.2 Å². The molecule has 3 amide bonds. The van der Waals surface area contributed by atoms with Crippen molar-refractivity contribution in [3.05, 3.63) is 10.1 Å². The molecule has 2 atom stereocenters. The molecule has 0 bridgehead atoms. The van der Waals surface area contributed by atoms with E-state index in [2.05, 4.69) is 5.32 Å². The SMILES string of the molecule is CCC[C@H](NC(=O)[C@H](C)N1C(=O)C(Cl)=C(Cl)C1=O)C(=O)[O-]. The van der Waals surface area contributed by atoms with Gasteiger partial charge in [-0.25, -0.2) is 0 Å². The molecule has 0 saturated heterocycles. The third-order valence-electron chi connectivity index (χ3n) is 2.95. The second-order valence-corrected chi connectivity index (χ2v) is 5.21. The zero-order valence-corrected chi connectivity index (χ0v) is 12.8. The summed E-state index contributed by atoms with van der Waals surface area (Å²) in [6.07, 6.45) is 0.677. The second-order valence-electron chi connectivity index (χ2n) is 4.45. The Labute approximate surface area is 130 Å². The maximum Gasteiger partial charge on any atom is 0.274 e. The van der Waals surface area contributed by atoms with E-state index < -0.39 is 45.8 Å². The summed E-state index contributed by atoms with van der Waals surface area (Å²) in [4.78, 5) is 46.9. The Morgan fingerprint density at radius 3 is 2.10 bits per heavy atom. The first-order valence-corrected chi connectivity index (χ1v) is 6.92. The Morgan fingerprint density at radius 2 is 1.71 bits per heavy atom. The minimum absolute atomic E-state index is 0.169. The number of hydrogen-bond acceptors (Lipinski definition) is 5. The maximum absolute atomic E-state index is 12.0. The van der Waals surface area contributed by atoms with Gasteiger partial charge in [-0.05, 0) is 13.3 Å². The number of carboxylic acids is 1. The predicted molar refractivity (Wildman–Crippen MR) is 71.9 cm³/mol. The Morgan fingerprint density at radius 1 is 1.24 bits per heavy atom. The van der Waals surface area contributed by atoms with Crippen LogP contribution in [0, 0.1) is 0 Å². The van der Waals surface area contributed by atoms with Crippen LogP contribution in [0.15, 0.2) is 10.1 Å². The number of carbonyl (C=O) groups is 4. The van der Waals surface area contributed by atoms with E-state index >= 15 is 0 Å². The summed E-state index contributed by atoms with van der Waals surface area (Å²) >= 11 is 11.1. The van der Waals surface area contributed by atoms with Gasteiger partial charge in [0.2, 0.25) is 5.91 Å². The molecule has 1 aliphatic heterocycles. The number of rotatable bonds is 6. The van der Waals surface area contributed by atoms with Crippen molar-refractivity contribution in [3.8, 4) is 0 Å². The van der Waals surface area contributed by atoms with Crippen molar-refractivity contribution in [2.24, 2.45) is 0 Å². The molecule has 0 aliphatic carbocycles. The summed E-state index contributed by atoms with van der Waals surface area (Å²) in [6.45, 7) is 3.01. The zero-order valence-electron chi connectivity index (χ0n) is 11.3. The molecule has 0 aromatic rings. The van der Waals surface area contributed by atoms with E-state index in [-0.39, 0.29) is 6.42 Å². The van der Waals surface area contributed by atoms with Crippen LogP contribution in [0.5, 0.6) is 0 Å². The number of nitrogens with zero attached hydrogens (tertiary/aromatic N) is 1. The average Bonchev–Trinajstić information content (AvgIpc) is 2.61. The first-order valence-electron chi connectivity index (χ1n) is 6.16. The molecule has 0 unspecified atom stereocenters. The Hall–Kier alpha value is -1.60. The monoisotopic (exact) mass is 335 g/mol. The summed E-state index contributed by atoms with van der Waals surface area (Å²) in [6, 6.07) is -2.44. The zero-order chi connectivity index (χ0) is 16.3. The van der Waals surface area contributed by atoms with Crippen molar-refractivity contribution < 1.29 is 24.3 Å². The molecule has 1 N–H and O–H groups in total. The Bertz CT molecular complexity index is 508. The van der Waals surface area contributed by atoms with Gasteiger partial charge in [0.1, 0.15) is 16.1 Å². The molecular formula is C12H13Cl2N2O5-. The quantitative estimate of drug-likeness (QED) is 0.656. The molecule has 0 aromatic heterocycles. The number of hydrogen-bond donors (Lipinski definition) is 1. The molecule has 0 spiro atoms. The van der Waals surface area contributed by atoms with Crippen molar-refractivity contribution in [2.75, 3.05) is 0 Å². The van der Waals surface area contributed by atoms with E-state index in [1.165, 1.54) is 6.92 Å². The van der Waals surface area contributed by atoms with E-state index in [1.807, 2.05) is 0 Å². The van der Waals surface area contributed by atoms with Gasteiger partial charge in [0.15, 0.2) is 0 Å². The van der Waals surface area contributed by atoms with E-state index in [4.69, 9.17) is 23.2 Å². The highest BCUT2D eigenvalue weighted by atomic mass is 35.5. The van der Waals surface area contributed by atoms with Crippen LogP contribution in [0.2, 0.25) is 0 Å². The van der Waals surface area contributed by atoms with Gasteiger partial charge in [0, 0.05) is 0 Å². The van der Waals surface area contributed by atoms with Gasteiger partial charge in [-0.3, -0.25) is 19.3 Å². The lowest BCUT2D eigenvalue weighted by molar-refractivity contribution is -0.308. The molecule has 0 radical (unpaired) electrons. The molecule has 1 aliphatic rings. The van der Waals surface area contributed by atoms with Crippen molar-refractivity contribution >= 4 is 46.9 Å². The van der Waals surface area contributed by atoms with E-state index in [0.29, 0.717) is 11.3 Å². The number of nitrogens with one attached hydrogen (secondary N) is 1. The molecule has 0 fully saturated rings. The van der Waals surface area contributed by atoms with E-state index in [0.717, 1.165) is 0 Å². The van der Waals surface area contributed by atoms with Crippen LogP contribution < -0.4 is 10.4 Å². The van der Waals surface area contributed by atoms with Crippen molar-refractivity contribution in [1.29, 1.82) is 0 Å². The van der Waals surface area contributed by atoms with Crippen LogP contribution in [-0.4, -0.2) is 40.7 Å². The van der Waals surface area contributed by atoms with E-state index in [1.54, 1.807) is 6.92 Å². The summed E-state index contributed by atoms with van der Waals surface area (Å²) in [5.41, 5.74) is 0. The van der Waals surface area contributed by atoms with Gasteiger partial charge in [0.05, 0.1) is 12.0 Å². The minimum atomic E-state index is -1.44. The molecule has 9 heteroatoms. The van der Waals surface area contributed by atoms with Gasteiger partial charge >= 0.3 is 0 Å². The van der Waals surface area contributed by atoms with Crippen molar-refractivity contribution in [3.63, 3.8) is 0 Å². The van der Waals surface area contributed by atoms with Crippen LogP contribution in [0.3, 0.4) is 0 Å². The van der Waals surface area contributed by atoms with Gasteiger partial charge < -0.3 is 15.2 Å². The summed E-state index contributed by atoms with van der Waals surface area (Å²) < 4.78 is 0. The van der Waals surface area contributed by atoms with Crippen LogP contribution in [0.4, 0.5) is 0 Å². The standard InChI is InChI=1S/C12H14Cl2N2O5/c1-3-4-6(12(20)21)15-9(17)5(2)16-10(18)7(13)8(14)11(16)19/h5-6H,3-4H2,1-2H3,(H,15,17)(H,20,21)/p-1/t5-,6-/m0/s1. The minimum Gasteiger partial charge on any atom is -0.548 e. The topological polar surface area (TPSA) is 107 Å². The number of imide groups is 1. The lowest BCUT2D eigenvalue weighted by atomic mass is 10.1. The number of halogens is 2. The number of aliphatic carboxylic acids is 1. The van der Waals surface area contributed by atoms with Gasteiger partial charge in [0.25, 0.3) is 11.8 Å². The highest BCUT2D eigenvalue weighted by Gasteiger charge is 2.42. The lowest BCUT2D eigenvalue weighted by Gasteiger charge is -2.25. The average molecular weight is 336 g/mol. The normalized spacial score (nSPS) is 18.0. The van der Waals surface area contributed by atoms with Gasteiger partial charge in [-0.1, -0.05) is 36.5 Å². The second kappa shape index (κ2) is 6.91. The fraction of sp³-hybridized carbons (Fsp3) is 0.500. The molecule has 1 heterocycles. The summed E-state index contributed by atoms with van der Waals surface area (Å²) in [5, 5.41) is 12.2. The molecule has 0 saturated carbocycles. The molecule has 7 nitrogen and oxygen atoms in total.